The van der Waals surface area contributed by atoms with E-state index in [0.717, 1.165) is 148 Å². The highest BCUT2D eigenvalue weighted by molar-refractivity contribution is 7.45. The van der Waals surface area contributed by atoms with E-state index in [1.165, 1.54) is 167 Å². The molecule has 2 atom stereocenters. The van der Waals surface area contributed by atoms with Crippen molar-refractivity contribution in [1.82, 2.24) is 0 Å². The Bertz CT molecular complexity index is 2420. The van der Waals surface area contributed by atoms with Crippen molar-refractivity contribution in [3.8, 4) is 0 Å². The lowest BCUT2D eigenvalue weighted by atomic mass is 10.0. The van der Waals surface area contributed by atoms with Crippen molar-refractivity contribution < 1.29 is 42.1 Å². The monoisotopic (exact) mass is 1460 g/mol. The Kier molecular flexibility index (Phi) is 78.3. The van der Waals surface area contributed by atoms with Gasteiger partial charge in [0.15, 0.2) is 6.10 Å². The second-order valence-corrected chi connectivity index (χ2v) is 30.5. The zero-order valence-electron chi connectivity index (χ0n) is 67.7. The van der Waals surface area contributed by atoms with Crippen molar-refractivity contribution in [2.24, 2.45) is 0 Å². The van der Waals surface area contributed by atoms with Gasteiger partial charge in [0.2, 0.25) is 0 Å². The number of ether oxygens (including phenoxy) is 2. The third-order valence-electron chi connectivity index (χ3n) is 17.9. The van der Waals surface area contributed by atoms with E-state index < -0.39 is 26.5 Å². The number of esters is 2. The number of hydrogen-bond donors (Lipinski definition) is 0. The Morgan fingerprint density at radius 1 is 0.298 bits per heavy atom. The molecule has 0 heterocycles. The van der Waals surface area contributed by atoms with E-state index in [4.69, 9.17) is 18.5 Å². The number of likely N-dealkylation sites (N-methyl/N-ethyl adjacent to an activating group) is 1. The van der Waals surface area contributed by atoms with E-state index in [1.54, 1.807) is 0 Å². The number of carbonyl (C=O) groups is 2. The lowest BCUT2D eigenvalue weighted by Gasteiger charge is -2.28. The molecule has 104 heavy (non-hydrogen) atoms. The predicted octanol–water partition coefficient (Wildman–Crippen LogP) is 28.3. The Hall–Kier alpha value is -4.89. The Morgan fingerprint density at radius 2 is 0.519 bits per heavy atom. The molecular weight excluding hydrogens is 1300 g/mol. The van der Waals surface area contributed by atoms with Crippen molar-refractivity contribution >= 4 is 19.8 Å². The van der Waals surface area contributed by atoms with Gasteiger partial charge in [0.05, 0.1) is 27.7 Å². The van der Waals surface area contributed by atoms with Gasteiger partial charge >= 0.3 is 11.9 Å². The molecule has 0 aromatic rings. The summed E-state index contributed by atoms with van der Waals surface area (Å²) in [5.74, 6) is -0.843. The quantitative estimate of drug-likeness (QED) is 0.0195. The van der Waals surface area contributed by atoms with Crippen LogP contribution in [0.3, 0.4) is 0 Å². The molecule has 0 saturated heterocycles. The maximum atomic E-state index is 12.9. The minimum Gasteiger partial charge on any atom is -0.756 e. The van der Waals surface area contributed by atoms with Crippen LogP contribution in [0.4, 0.5) is 0 Å². The number of quaternary nitrogens is 1. The van der Waals surface area contributed by atoms with Crippen LogP contribution >= 0.6 is 7.82 Å². The normalized spacial score (nSPS) is 13.9. The van der Waals surface area contributed by atoms with E-state index in [9.17, 15) is 19.0 Å². The van der Waals surface area contributed by atoms with E-state index in [2.05, 4.69) is 196 Å². The highest BCUT2D eigenvalue weighted by Gasteiger charge is 2.22. The lowest BCUT2D eigenvalue weighted by Crippen LogP contribution is -2.37. The third-order valence-corrected chi connectivity index (χ3v) is 18.9. The van der Waals surface area contributed by atoms with Gasteiger partial charge in [-0.2, -0.15) is 0 Å². The fourth-order valence-electron chi connectivity index (χ4n) is 11.5. The second-order valence-electron chi connectivity index (χ2n) is 29.1. The first kappa shape index (κ1) is 99.1. The molecule has 0 rings (SSSR count). The molecule has 0 fully saturated rings. The molecule has 0 amide bonds. The van der Waals surface area contributed by atoms with Gasteiger partial charge in [0, 0.05) is 12.8 Å². The summed E-state index contributed by atoms with van der Waals surface area (Å²) in [6, 6.07) is 0. The highest BCUT2D eigenvalue weighted by atomic mass is 31.2. The van der Waals surface area contributed by atoms with Gasteiger partial charge in [-0.25, -0.2) is 0 Å². The number of nitrogens with zero attached hydrogens (tertiary/aromatic N) is 1. The van der Waals surface area contributed by atoms with Crippen LogP contribution in [0.25, 0.3) is 0 Å². The molecule has 0 radical (unpaired) electrons. The van der Waals surface area contributed by atoms with Gasteiger partial charge < -0.3 is 27.9 Å². The molecule has 0 aliphatic heterocycles. The number of hydrogen-bond acceptors (Lipinski definition) is 8. The van der Waals surface area contributed by atoms with Gasteiger partial charge in [0.1, 0.15) is 19.8 Å². The van der Waals surface area contributed by atoms with Gasteiger partial charge in [-0.3, -0.25) is 14.2 Å². The van der Waals surface area contributed by atoms with Crippen molar-refractivity contribution in [2.45, 2.75) is 354 Å². The summed E-state index contributed by atoms with van der Waals surface area (Å²) in [7, 11) is 1.15. The Labute approximate surface area is 641 Å². The Morgan fingerprint density at radius 3 is 0.769 bits per heavy atom. The summed E-state index contributed by atoms with van der Waals surface area (Å²) in [4.78, 5) is 38.2. The van der Waals surface area contributed by atoms with Crippen molar-refractivity contribution in [3.63, 3.8) is 0 Å². The number of carbonyl (C=O) groups excluding carboxylic acids is 2. The number of allylic oxidation sites excluding steroid dienone is 30. The number of phosphoric acid groups is 1. The molecule has 0 bridgehead atoms. The summed E-state index contributed by atoms with van der Waals surface area (Å²) in [5, 5.41) is 0. The van der Waals surface area contributed by atoms with Crippen LogP contribution in [0.15, 0.2) is 182 Å². The molecule has 0 aromatic carbocycles. The SMILES string of the molecule is CC/C=C\C/C=C\C/C=C\C/C=C\C/C=C\C/C=C\C/C=C\C/C=C\C/C=C\C/C=C\C/C=C\CCCCCCCCCC(=O)OC(COC(=O)CCCCCCCCCCCCCCCCCCCCCCCCCCCC/C=C\C/C=C\C/C=C\C/C=C\CC)COP(=O)([O-])OCC[N+](C)(C)C. The molecule has 2 unspecified atom stereocenters. The summed E-state index contributed by atoms with van der Waals surface area (Å²) in [6.07, 6.45) is 126. The van der Waals surface area contributed by atoms with E-state index in [-0.39, 0.29) is 32.0 Å². The molecule has 9 nitrogen and oxygen atoms in total. The zero-order chi connectivity index (χ0) is 75.4. The number of rotatable bonds is 77. The smallest absolute Gasteiger partial charge is 0.306 e. The first-order chi connectivity index (χ1) is 51.0. The number of phosphoric ester groups is 1. The molecular formula is C94H158NO8P. The van der Waals surface area contributed by atoms with Gasteiger partial charge in [-0.15, -0.1) is 0 Å². The topological polar surface area (TPSA) is 111 Å². The fraction of sp³-hybridized carbons (Fsp3) is 0.660. The van der Waals surface area contributed by atoms with Crippen LogP contribution in [-0.2, 0) is 32.7 Å². The van der Waals surface area contributed by atoms with Crippen molar-refractivity contribution in [2.75, 3.05) is 47.5 Å². The van der Waals surface area contributed by atoms with Crippen LogP contribution in [0.1, 0.15) is 348 Å². The average Bonchev–Trinajstić information content (AvgIpc) is 0.920. The van der Waals surface area contributed by atoms with Crippen LogP contribution in [0.2, 0.25) is 0 Å². The number of unbranched alkanes of at least 4 members (excludes halogenated alkanes) is 33. The molecule has 0 aromatic heterocycles. The predicted molar refractivity (Wildman–Crippen MR) is 452 cm³/mol. The van der Waals surface area contributed by atoms with Crippen molar-refractivity contribution in [1.29, 1.82) is 0 Å². The molecule has 592 valence electrons. The first-order valence-electron chi connectivity index (χ1n) is 42.5. The maximum Gasteiger partial charge on any atom is 0.306 e. The van der Waals surface area contributed by atoms with E-state index in [0.29, 0.717) is 17.4 Å². The minimum atomic E-state index is -4.66. The first-order valence-corrected chi connectivity index (χ1v) is 44.0. The Balaban J connectivity index is 4.01. The maximum absolute atomic E-state index is 12.9. The van der Waals surface area contributed by atoms with Gasteiger partial charge in [-0.05, 0) is 135 Å². The zero-order valence-corrected chi connectivity index (χ0v) is 68.6. The standard InChI is InChI=1S/C94H158NO8P/c1-6-8-10-12-14-16-18-20-22-24-26-28-30-32-34-36-38-40-42-44-46-47-49-51-53-55-57-59-61-63-65-67-69-71-73-75-77-79-81-83-85-87-94(97)103-92(91-102-104(98,99)101-89-88-95(3,4)5)90-100-93(96)86-84-82-80-78-76-74-72-70-68-66-64-62-60-58-56-54-52-50-48-45-43-41-39-37-35-33-31-29-27-25-23-21-19-17-15-13-11-9-7-2/h8-11,14-17,20-23,26-29,32,34,38,40,44,46,49,51,55,57,61,63,67,69,92H,6-7,12-13,18-19,24-25,30-31,33,35-37,39,41-43,45,47-48,50,52-54,56,58-60,62,64-66,68,70-91H2,1-5H3/b10-8-,11-9-,16-14-,17-15-,22-20-,23-21-,28-26-,29-27-,34-32-,40-38-,46-44-,51-49-,57-55-,63-61-,69-67-. The van der Waals surface area contributed by atoms with Crippen LogP contribution in [0.5, 0.6) is 0 Å². The van der Waals surface area contributed by atoms with Crippen molar-refractivity contribution in [3.05, 3.63) is 182 Å². The minimum absolute atomic E-state index is 0.0396. The molecule has 0 aliphatic rings. The molecule has 0 aliphatic carbocycles. The average molecular weight is 1460 g/mol. The van der Waals surface area contributed by atoms with E-state index >= 15 is 0 Å². The summed E-state index contributed by atoms with van der Waals surface area (Å²) in [5.41, 5.74) is 0. The summed E-state index contributed by atoms with van der Waals surface area (Å²) in [6.45, 7) is 4.02. The summed E-state index contributed by atoms with van der Waals surface area (Å²) >= 11 is 0. The third kappa shape index (κ3) is 86.0. The van der Waals surface area contributed by atoms with Crippen LogP contribution in [0, 0.1) is 0 Å². The fourth-order valence-corrected chi connectivity index (χ4v) is 12.3. The highest BCUT2D eigenvalue weighted by Crippen LogP contribution is 2.38. The largest absolute Gasteiger partial charge is 0.756 e. The molecule has 0 spiro atoms. The van der Waals surface area contributed by atoms with Gasteiger partial charge in [0.25, 0.3) is 7.82 Å². The summed E-state index contributed by atoms with van der Waals surface area (Å²) < 4.78 is 34.4. The molecule has 0 N–H and O–H groups in total. The molecule has 0 saturated carbocycles. The lowest BCUT2D eigenvalue weighted by molar-refractivity contribution is -0.870. The van der Waals surface area contributed by atoms with Crippen LogP contribution < -0.4 is 4.89 Å². The van der Waals surface area contributed by atoms with E-state index in [1.807, 2.05) is 21.1 Å². The molecule has 10 heteroatoms. The van der Waals surface area contributed by atoms with Crippen LogP contribution in [-0.4, -0.2) is 70.0 Å². The second kappa shape index (κ2) is 82.2. The van der Waals surface area contributed by atoms with Gasteiger partial charge in [-0.1, -0.05) is 382 Å².